The van der Waals surface area contributed by atoms with E-state index in [4.69, 9.17) is 4.42 Å². The molecule has 0 aromatic carbocycles. The first-order valence-electron chi connectivity index (χ1n) is 9.58. The van der Waals surface area contributed by atoms with E-state index in [9.17, 15) is 4.79 Å². The molecule has 0 saturated heterocycles. The van der Waals surface area contributed by atoms with Gasteiger partial charge in [-0.15, -0.1) is 22.7 Å². The zero-order valence-electron chi connectivity index (χ0n) is 15.9. The van der Waals surface area contributed by atoms with Crippen LogP contribution in [0.2, 0.25) is 0 Å². The van der Waals surface area contributed by atoms with Crippen LogP contribution in [0.25, 0.3) is 16.6 Å². The summed E-state index contributed by atoms with van der Waals surface area (Å²) in [6, 6.07) is 9.70. The zero-order chi connectivity index (χ0) is 19.8. The molecule has 1 saturated carbocycles. The fourth-order valence-electron chi connectivity index (χ4n) is 3.98. The molecule has 0 bridgehead atoms. The Morgan fingerprint density at radius 1 is 1.24 bits per heavy atom. The molecule has 1 N–H and O–H groups in total. The van der Waals surface area contributed by atoms with E-state index in [1.807, 2.05) is 41.9 Å². The molecular weight excluding hydrogens is 404 g/mol. The Hall–Kier alpha value is -2.71. The standard InChI is InChI=1S/C21H20N4O2S2/c1-14-12-18(23-19(26)21(8-2-3-9-21)17-7-5-11-28-17)25(24-14)20-22-15(13-29-20)16-6-4-10-27-16/h4-7,10-13H,2-3,8-9H2,1H3,(H,23,26). The number of rotatable bonds is 5. The summed E-state index contributed by atoms with van der Waals surface area (Å²) < 4.78 is 7.15. The predicted octanol–water partition coefficient (Wildman–Crippen LogP) is 5.41. The molecule has 4 aromatic rings. The summed E-state index contributed by atoms with van der Waals surface area (Å²) in [7, 11) is 0. The van der Waals surface area contributed by atoms with Gasteiger partial charge in [-0.2, -0.15) is 9.78 Å². The van der Waals surface area contributed by atoms with Crippen LogP contribution < -0.4 is 5.32 Å². The Balaban J connectivity index is 1.46. The molecule has 4 heterocycles. The van der Waals surface area contributed by atoms with Gasteiger partial charge in [-0.25, -0.2) is 4.98 Å². The molecule has 148 valence electrons. The monoisotopic (exact) mass is 424 g/mol. The number of amides is 1. The molecule has 0 spiro atoms. The van der Waals surface area contributed by atoms with E-state index in [0.717, 1.165) is 41.9 Å². The van der Waals surface area contributed by atoms with E-state index in [1.54, 1.807) is 22.3 Å². The lowest BCUT2D eigenvalue weighted by Crippen LogP contribution is -2.37. The van der Waals surface area contributed by atoms with Crippen LogP contribution in [0.1, 0.15) is 36.3 Å². The highest BCUT2D eigenvalue weighted by molar-refractivity contribution is 7.12. The number of furan rings is 1. The van der Waals surface area contributed by atoms with Gasteiger partial charge in [0.05, 0.1) is 17.4 Å². The summed E-state index contributed by atoms with van der Waals surface area (Å²) in [6.07, 6.45) is 5.54. The number of thiazole rings is 1. The Morgan fingerprint density at radius 2 is 2.10 bits per heavy atom. The van der Waals surface area contributed by atoms with Crippen molar-refractivity contribution in [1.29, 1.82) is 0 Å². The van der Waals surface area contributed by atoms with Gasteiger partial charge in [0.2, 0.25) is 11.0 Å². The number of nitrogens with one attached hydrogen (secondary N) is 1. The van der Waals surface area contributed by atoms with Crippen LogP contribution in [0.3, 0.4) is 0 Å². The molecule has 1 aliphatic rings. The Kier molecular flexibility index (Phi) is 4.60. The van der Waals surface area contributed by atoms with Crippen LogP contribution in [-0.2, 0) is 10.2 Å². The van der Waals surface area contributed by atoms with Crippen LogP contribution in [0.15, 0.2) is 51.8 Å². The lowest BCUT2D eigenvalue weighted by molar-refractivity contribution is -0.121. The molecule has 1 fully saturated rings. The zero-order valence-corrected chi connectivity index (χ0v) is 17.6. The van der Waals surface area contributed by atoms with Crippen LogP contribution in [0, 0.1) is 6.92 Å². The van der Waals surface area contributed by atoms with Gasteiger partial charge in [-0.1, -0.05) is 18.9 Å². The molecule has 1 aliphatic carbocycles. The molecule has 0 radical (unpaired) electrons. The highest BCUT2D eigenvalue weighted by atomic mass is 32.1. The molecule has 6 nitrogen and oxygen atoms in total. The molecule has 0 unspecified atom stereocenters. The van der Waals surface area contributed by atoms with E-state index in [0.29, 0.717) is 16.7 Å². The fourth-order valence-corrected chi connectivity index (χ4v) is 5.74. The van der Waals surface area contributed by atoms with Crippen molar-refractivity contribution in [3.8, 4) is 16.6 Å². The Labute approximate surface area is 176 Å². The average molecular weight is 425 g/mol. The predicted molar refractivity (Wildman–Crippen MR) is 115 cm³/mol. The summed E-state index contributed by atoms with van der Waals surface area (Å²) in [6.45, 7) is 1.91. The summed E-state index contributed by atoms with van der Waals surface area (Å²) >= 11 is 3.13. The lowest BCUT2D eigenvalue weighted by atomic mass is 9.83. The van der Waals surface area contributed by atoms with Gasteiger partial charge < -0.3 is 9.73 Å². The molecule has 4 aromatic heterocycles. The summed E-state index contributed by atoms with van der Waals surface area (Å²) in [5.41, 5.74) is 1.14. The van der Waals surface area contributed by atoms with Crippen molar-refractivity contribution < 1.29 is 9.21 Å². The molecule has 1 amide bonds. The molecule has 8 heteroatoms. The van der Waals surface area contributed by atoms with E-state index in [2.05, 4.69) is 21.5 Å². The van der Waals surface area contributed by atoms with Crippen molar-refractivity contribution in [2.75, 3.05) is 5.32 Å². The number of hydrogen-bond donors (Lipinski definition) is 1. The quantitative estimate of drug-likeness (QED) is 0.465. The largest absolute Gasteiger partial charge is 0.463 e. The second-order valence-corrected chi connectivity index (χ2v) is 9.08. The van der Waals surface area contributed by atoms with Crippen molar-refractivity contribution >= 4 is 34.4 Å². The summed E-state index contributed by atoms with van der Waals surface area (Å²) in [5.74, 6) is 1.40. The van der Waals surface area contributed by atoms with Crippen LogP contribution in [0.5, 0.6) is 0 Å². The summed E-state index contributed by atoms with van der Waals surface area (Å²) in [5, 5.41) is 12.4. The first-order valence-corrected chi connectivity index (χ1v) is 11.3. The Morgan fingerprint density at radius 3 is 2.83 bits per heavy atom. The SMILES string of the molecule is Cc1cc(NC(=O)C2(c3cccs3)CCCC2)n(-c2nc(-c3ccco3)cs2)n1. The minimum absolute atomic E-state index is 0.0430. The third-order valence-electron chi connectivity index (χ3n) is 5.40. The number of hydrogen-bond acceptors (Lipinski definition) is 6. The van der Waals surface area contributed by atoms with Gasteiger partial charge in [0.15, 0.2) is 5.76 Å². The number of carbonyl (C=O) groups is 1. The number of thiophene rings is 1. The maximum Gasteiger partial charge on any atom is 0.237 e. The molecule has 0 atom stereocenters. The summed E-state index contributed by atoms with van der Waals surface area (Å²) in [4.78, 5) is 19.2. The second kappa shape index (κ2) is 7.27. The van der Waals surface area contributed by atoms with Gasteiger partial charge in [0, 0.05) is 16.3 Å². The van der Waals surface area contributed by atoms with Crippen LogP contribution >= 0.6 is 22.7 Å². The maximum atomic E-state index is 13.4. The maximum absolute atomic E-state index is 13.4. The van der Waals surface area contributed by atoms with Crippen molar-refractivity contribution in [3.05, 3.63) is 57.9 Å². The normalized spacial score (nSPS) is 15.6. The first kappa shape index (κ1) is 18.3. The van der Waals surface area contributed by atoms with Gasteiger partial charge >= 0.3 is 0 Å². The van der Waals surface area contributed by atoms with Gasteiger partial charge in [-0.3, -0.25) is 4.79 Å². The third kappa shape index (κ3) is 3.22. The van der Waals surface area contributed by atoms with Gasteiger partial charge in [0.1, 0.15) is 11.5 Å². The van der Waals surface area contributed by atoms with Crippen molar-refractivity contribution in [2.45, 2.75) is 38.0 Å². The first-order chi connectivity index (χ1) is 14.2. The smallest absolute Gasteiger partial charge is 0.237 e. The second-order valence-electron chi connectivity index (χ2n) is 7.30. The molecular formula is C21H20N4O2S2. The number of aromatic nitrogens is 3. The lowest BCUT2D eigenvalue weighted by Gasteiger charge is -2.26. The van der Waals surface area contributed by atoms with Gasteiger partial charge in [0.25, 0.3) is 0 Å². The Bertz CT molecular complexity index is 1120. The molecule has 29 heavy (non-hydrogen) atoms. The van der Waals surface area contributed by atoms with E-state index in [1.165, 1.54) is 11.3 Å². The van der Waals surface area contributed by atoms with Crippen molar-refractivity contribution in [2.24, 2.45) is 0 Å². The molecule has 5 rings (SSSR count). The number of nitrogens with zero attached hydrogens (tertiary/aromatic N) is 3. The van der Waals surface area contributed by atoms with Gasteiger partial charge in [-0.05, 0) is 43.3 Å². The number of anilines is 1. The van der Waals surface area contributed by atoms with Crippen molar-refractivity contribution in [1.82, 2.24) is 14.8 Å². The average Bonchev–Trinajstić information content (AvgIpc) is 3.53. The minimum atomic E-state index is -0.445. The molecule has 0 aliphatic heterocycles. The van der Waals surface area contributed by atoms with Crippen LogP contribution in [0.4, 0.5) is 5.82 Å². The van der Waals surface area contributed by atoms with Crippen LogP contribution in [-0.4, -0.2) is 20.7 Å². The minimum Gasteiger partial charge on any atom is -0.463 e. The topological polar surface area (TPSA) is 73.0 Å². The van der Waals surface area contributed by atoms with E-state index < -0.39 is 5.41 Å². The number of aryl methyl sites for hydroxylation is 1. The van der Waals surface area contributed by atoms with Crippen molar-refractivity contribution in [3.63, 3.8) is 0 Å². The van der Waals surface area contributed by atoms with E-state index >= 15 is 0 Å². The number of carbonyl (C=O) groups excluding carboxylic acids is 1. The highest BCUT2D eigenvalue weighted by Gasteiger charge is 2.43. The highest BCUT2D eigenvalue weighted by Crippen LogP contribution is 2.44. The van der Waals surface area contributed by atoms with E-state index in [-0.39, 0.29) is 5.91 Å². The fraction of sp³-hybridized carbons (Fsp3) is 0.286. The third-order valence-corrected chi connectivity index (χ3v) is 7.29.